The van der Waals surface area contributed by atoms with Crippen LogP contribution in [0.1, 0.15) is 12.5 Å². The normalized spacial score (nSPS) is 18.8. The third-order valence-corrected chi connectivity index (χ3v) is 6.17. The van der Waals surface area contributed by atoms with Crippen molar-refractivity contribution >= 4 is 10.0 Å². The highest BCUT2D eigenvalue weighted by atomic mass is 32.2. The molecule has 0 N–H and O–H groups in total. The van der Waals surface area contributed by atoms with Crippen molar-refractivity contribution in [2.75, 3.05) is 26.4 Å². The van der Waals surface area contributed by atoms with Crippen LogP contribution < -0.4 is 4.74 Å². The van der Waals surface area contributed by atoms with Crippen LogP contribution in [0.4, 0.5) is 0 Å². The van der Waals surface area contributed by atoms with Crippen LogP contribution in [-0.2, 0) is 21.2 Å². The maximum Gasteiger partial charge on any atom is 0.243 e. The topological polar surface area (TPSA) is 68.7 Å². The van der Waals surface area contributed by atoms with E-state index < -0.39 is 10.0 Å². The summed E-state index contributed by atoms with van der Waals surface area (Å²) < 4.78 is 38.0. The van der Waals surface area contributed by atoms with Crippen LogP contribution in [-0.4, -0.2) is 50.1 Å². The van der Waals surface area contributed by atoms with Gasteiger partial charge in [0.25, 0.3) is 0 Å². The van der Waals surface area contributed by atoms with Crippen molar-refractivity contribution < 1.29 is 17.9 Å². The lowest BCUT2D eigenvalue weighted by Crippen LogP contribution is -2.46. The molecule has 0 spiro atoms. The van der Waals surface area contributed by atoms with E-state index in [2.05, 4.69) is 4.98 Å². The zero-order chi connectivity index (χ0) is 17.7. The molecule has 3 rings (SSSR count). The van der Waals surface area contributed by atoms with Gasteiger partial charge in [0, 0.05) is 31.4 Å². The fraction of sp³-hybridized carbons (Fsp3) is 0.389. The number of hydrogen-bond donors (Lipinski definition) is 0. The van der Waals surface area contributed by atoms with E-state index in [1.165, 1.54) is 4.31 Å². The maximum atomic E-state index is 12.7. The molecule has 1 aliphatic rings. The van der Waals surface area contributed by atoms with Crippen LogP contribution in [0, 0.1) is 0 Å². The summed E-state index contributed by atoms with van der Waals surface area (Å²) >= 11 is 0. The van der Waals surface area contributed by atoms with Crippen LogP contribution >= 0.6 is 0 Å². The summed E-state index contributed by atoms with van der Waals surface area (Å²) in [5, 5.41) is 0. The molecule has 1 saturated heterocycles. The maximum absolute atomic E-state index is 12.7. The van der Waals surface area contributed by atoms with Crippen LogP contribution in [0.5, 0.6) is 5.75 Å². The minimum atomic E-state index is -3.50. The van der Waals surface area contributed by atoms with E-state index in [4.69, 9.17) is 9.47 Å². The predicted octanol–water partition coefficient (Wildman–Crippen LogP) is 2.11. The second-order valence-corrected chi connectivity index (χ2v) is 7.86. The number of rotatable bonds is 6. The number of pyridine rings is 1. The molecule has 1 aromatic carbocycles. The van der Waals surface area contributed by atoms with Crippen LogP contribution in [0.3, 0.4) is 0 Å². The molecule has 0 bridgehead atoms. The molecule has 7 heteroatoms. The first-order valence-corrected chi connectivity index (χ1v) is 9.73. The van der Waals surface area contributed by atoms with Gasteiger partial charge in [-0.15, -0.1) is 0 Å². The Hall–Kier alpha value is -1.96. The molecule has 2 aromatic rings. The molecule has 1 aromatic heterocycles. The Balaban J connectivity index is 1.61. The Morgan fingerprint density at radius 2 is 1.92 bits per heavy atom. The van der Waals surface area contributed by atoms with Gasteiger partial charge >= 0.3 is 0 Å². The van der Waals surface area contributed by atoms with E-state index in [0.29, 0.717) is 32.1 Å². The van der Waals surface area contributed by atoms with E-state index in [0.717, 1.165) is 12.0 Å². The van der Waals surface area contributed by atoms with Crippen molar-refractivity contribution in [3.8, 4) is 5.75 Å². The summed E-state index contributed by atoms with van der Waals surface area (Å²) in [5.74, 6) is 0.656. The predicted molar refractivity (Wildman–Crippen MR) is 94.1 cm³/mol. The summed E-state index contributed by atoms with van der Waals surface area (Å²) in [6.07, 6.45) is 4.27. The smallest absolute Gasteiger partial charge is 0.243 e. The molecular weight excluding hydrogens is 340 g/mol. The zero-order valence-corrected chi connectivity index (χ0v) is 15.0. The number of sulfonamides is 1. The van der Waals surface area contributed by atoms with Crippen molar-refractivity contribution in [1.29, 1.82) is 0 Å². The molecule has 6 nitrogen and oxygen atoms in total. The van der Waals surface area contributed by atoms with Gasteiger partial charge in [0.1, 0.15) is 5.75 Å². The SMILES string of the molecule is C[C@@H]1COCCN1S(=O)(=O)c1ccc(OCCc2ccncc2)cc1. The lowest BCUT2D eigenvalue weighted by atomic mass is 10.2. The van der Waals surface area contributed by atoms with Gasteiger partial charge in [-0.25, -0.2) is 8.42 Å². The molecule has 134 valence electrons. The second kappa shape index (κ2) is 7.95. The van der Waals surface area contributed by atoms with Crippen molar-refractivity contribution in [3.05, 3.63) is 54.4 Å². The highest BCUT2D eigenvalue weighted by Gasteiger charge is 2.31. The zero-order valence-electron chi connectivity index (χ0n) is 14.2. The lowest BCUT2D eigenvalue weighted by Gasteiger charge is -2.32. The highest BCUT2D eigenvalue weighted by Crippen LogP contribution is 2.22. The third kappa shape index (κ3) is 4.36. The number of aromatic nitrogens is 1. The number of nitrogens with zero attached hydrogens (tertiary/aromatic N) is 2. The quantitative estimate of drug-likeness (QED) is 0.787. The van der Waals surface area contributed by atoms with E-state index >= 15 is 0 Å². The molecule has 1 fully saturated rings. The molecular formula is C18H22N2O4S. The molecule has 1 atom stereocenters. The Morgan fingerprint density at radius 3 is 2.60 bits per heavy atom. The van der Waals surface area contributed by atoms with Gasteiger partial charge in [-0.3, -0.25) is 4.98 Å². The average molecular weight is 362 g/mol. The summed E-state index contributed by atoms with van der Waals surface area (Å²) in [5.41, 5.74) is 1.15. The number of morpholine rings is 1. The summed E-state index contributed by atoms with van der Waals surface area (Å²) in [6.45, 7) is 3.62. The highest BCUT2D eigenvalue weighted by molar-refractivity contribution is 7.89. The first kappa shape index (κ1) is 17.8. The first-order chi connectivity index (χ1) is 12.1. The van der Waals surface area contributed by atoms with Gasteiger partial charge in [-0.2, -0.15) is 4.31 Å². The standard InChI is InChI=1S/C18H22N2O4S/c1-15-14-23-13-11-20(15)25(21,22)18-4-2-17(3-5-18)24-12-8-16-6-9-19-10-7-16/h2-7,9-10,15H,8,11-14H2,1H3/t15-/m1/s1. The van der Waals surface area contributed by atoms with Crippen LogP contribution in [0.15, 0.2) is 53.7 Å². The minimum absolute atomic E-state index is 0.157. The molecule has 0 unspecified atom stereocenters. The third-order valence-electron chi connectivity index (χ3n) is 4.15. The first-order valence-electron chi connectivity index (χ1n) is 8.29. The molecule has 0 radical (unpaired) electrons. The van der Waals surface area contributed by atoms with E-state index in [-0.39, 0.29) is 10.9 Å². The van der Waals surface area contributed by atoms with Crippen LogP contribution in [0.25, 0.3) is 0 Å². The van der Waals surface area contributed by atoms with Crippen molar-refractivity contribution in [3.63, 3.8) is 0 Å². The van der Waals surface area contributed by atoms with Gasteiger partial charge in [-0.1, -0.05) is 0 Å². The van der Waals surface area contributed by atoms with Crippen LogP contribution in [0.2, 0.25) is 0 Å². The number of hydrogen-bond acceptors (Lipinski definition) is 5. The largest absolute Gasteiger partial charge is 0.493 e. The molecule has 0 saturated carbocycles. The number of benzene rings is 1. The summed E-state index contributed by atoms with van der Waals surface area (Å²) in [7, 11) is -3.50. The Labute approximate surface area is 148 Å². The van der Waals surface area contributed by atoms with E-state index in [1.807, 2.05) is 19.1 Å². The van der Waals surface area contributed by atoms with E-state index in [1.54, 1.807) is 36.7 Å². The molecule has 1 aliphatic heterocycles. The van der Waals surface area contributed by atoms with Crippen molar-refractivity contribution in [2.45, 2.75) is 24.3 Å². The fourth-order valence-electron chi connectivity index (χ4n) is 2.75. The van der Waals surface area contributed by atoms with Crippen molar-refractivity contribution in [1.82, 2.24) is 9.29 Å². The van der Waals surface area contributed by atoms with Crippen molar-refractivity contribution in [2.24, 2.45) is 0 Å². The van der Waals surface area contributed by atoms with Gasteiger partial charge in [0.15, 0.2) is 0 Å². The van der Waals surface area contributed by atoms with Gasteiger partial charge in [0.2, 0.25) is 10.0 Å². The van der Waals surface area contributed by atoms with Gasteiger partial charge in [0.05, 0.1) is 24.7 Å². The Kier molecular flexibility index (Phi) is 5.67. The fourth-order valence-corrected chi connectivity index (χ4v) is 4.35. The van der Waals surface area contributed by atoms with E-state index in [9.17, 15) is 8.42 Å². The monoisotopic (exact) mass is 362 g/mol. The summed E-state index contributed by atoms with van der Waals surface area (Å²) in [4.78, 5) is 4.26. The number of ether oxygens (including phenoxy) is 2. The molecule has 0 amide bonds. The molecule has 25 heavy (non-hydrogen) atoms. The second-order valence-electron chi connectivity index (χ2n) is 5.97. The summed E-state index contributed by atoms with van der Waals surface area (Å²) in [6, 6.07) is 10.3. The molecule has 0 aliphatic carbocycles. The minimum Gasteiger partial charge on any atom is -0.493 e. The van der Waals surface area contributed by atoms with Gasteiger partial charge in [-0.05, 0) is 48.9 Å². The average Bonchev–Trinajstić information content (AvgIpc) is 2.63. The Morgan fingerprint density at radius 1 is 1.20 bits per heavy atom. The Bertz CT molecular complexity index is 778. The van der Waals surface area contributed by atoms with Gasteiger partial charge < -0.3 is 9.47 Å². The lowest BCUT2D eigenvalue weighted by molar-refractivity contribution is 0.0393. The molecule has 2 heterocycles.